The highest BCUT2D eigenvalue weighted by atomic mass is 16.5. The molecule has 0 unspecified atom stereocenters. The third-order valence-electron chi connectivity index (χ3n) is 6.18. The molecule has 2 heterocycles. The molecule has 0 atom stereocenters. The number of benzene rings is 2. The van der Waals surface area contributed by atoms with E-state index >= 15 is 0 Å². The van der Waals surface area contributed by atoms with Crippen LogP contribution in [-0.2, 0) is 4.74 Å². The first-order chi connectivity index (χ1) is 15.2. The average molecular weight is 421 g/mol. The molecule has 2 N–H and O–H groups in total. The highest BCUT2D eigenvalue weighted by Crippen LogP contribution is 2.26. The van der Waals surface area contributed by atoms with Gasteiger partial charge in [0.25, 0.3) is 5.56 Å². The zero-order valence-electron chi connectivity index (χ0n) is 18.3. The van der Waals surface area contributed by atoms with Gasteiger partial charge in [-0.25, -0.2) is 5.10 Å². The van der Waals surface area contributed by atoms with E-state index in [4.69, 9.17) is 4.74 Å². The van der Waals surface area contributed by atoms with Crippen LogP contribution < -0.4 is 10.9 Å². The van der Waals surface area contributed by atoms with Crippen molar-refractivity contribution in [3.05, 3.63) is 58.9 Å². The molecule has 4 rings (SSSR count). The molecule has 3 aromatic rings. The summed E-state index contributed by atoms with van der Waals surface area (Å²) in [6.45, 7) is 4.47. The SMILES string of the molecule is COC1CCN(CCCCCNc2cccc(-c3n[nH]c(=O)c4ccccc34)c2)CC1. The monoisotopic (exact) mass is 420 g/mol. The lowest BCUT2D eigenvalue weighted by molar-refractivity contribution is 0.0407. The molecule has 6 heteroatoms. The number of H-pyrrole nitrogens is 1. The molecule has 0 radical (unpaired) electrons. The van der Waals surface area contributed by atoms with Gasteiger partial charge in [-0.05, 0) is 50.4 Å². The Morgan fingerprint density at radius 3 is 2.68 bits per heavy atom. The lowest BCUT2D eigenvalue weighted by Gasteiger charge is -2.31. The number of rotatable bonds is 9. The van der Waals surface area contributed by atoms with E-state index in [9.17, 15) is 4.79 Å². The minimum atomic E-state index is -0.156. The smallest absolute Gasteiger partial charge is 0.272 e. The number of hydrogen-bond donors (Lipinski definition) is 2. The Kier molecular flexibility index (Phi) is 7.33. The van der Waals surface area contributed by atoms with Crippen LogP contribution in [0.1, 0.15) is 32.1 Å². The molecule has 2 aromatic carbocycles. The Hall–Kier alpha value is -2.70. The van der Waals surface area contributed by atoms with Crippen LogP contribution in [0.5, 0.6) is 0 Å². The Bertz CT molecular complexity index is 1040. The van der Waals surface area contributed by atoms with Crippen LogP contribution in [0.25, 0.3) is 22.0 Å². The number of anilines is 1. The first kappa shape index (κ1) is 21.5. The first-order valence-electron chi connectivity index (χ1n) is 11.3. The number of methoxy groups -OCH3 is 1. The molecule has 0 amide bonds. The summed E-state index contributed by atoms with van der Waals surface area (Å²) in [5.74, 6) is 0. The number of aromatic nitrogens is 2. The van der Waals surface area contributed by atoms with Crippen LogP contribution in [0.4, 0.5) is 5.69 Å². The predicted molar refractivity (Wildman–Crippen MR) is 127 cm³/mol. The number of likely N-dealkylation sites (tertiary alicyclic amines) is 1. The Balaban J connectivity index is 1.26. The van der Waals surface area contributed by atoms with Crippen LogP contribution in [0, 0.1) is 0 Å². The summed E-state index contributed by atoms with van der Waals surface area (Å²) in [6, 6.07) is 15.8. The van der Waals surface area contributed by atoms with E-state index < -0.39 is 0 Å². The quantitative estimate of drug-likeness (QED) is 0.506. The third-order valence-corrected chi connectivity index (χ3v) is 6.18. The predicted octanol–water partition coefficient (Wildman–Crippen LogP) is 4.28. The summed E-state index contributed by atoms with van der Waals surface area (Å²) in [5.41, 5.74) is 2.72. The third kappa shape index (κ3) is 5.51. The minimum Gasteiger partial charge on any atom is -0.385 e. The standard InChI is InChI=1S/C25H32N4O2/c1-31-21-12-16-29(17-13-21)15-6-2-5-14-26-20-9-7-8-19(18-20)24-22-10-3-4-11-23(22)25(30)28-27-24/h3-4,7-11,18,21,26H,2,5-6,12-17H2,1H3,(H,28,30). The van der Waals surface area contributed by atoms with Gasteiger partial charge in [0.15, 0.2) is 0 Å². The average Bonchev–Trinajstić information content (AvgIpc) is 2.82. The number of aromatic amines is 1. The fourth-order valence-electron chi connectivity index (χ4n) is 4.35. The first-order valence-corrected chi connectivity index (χ1v) is 11.3. The van der Waals surface area contributed by atoms with Crippen molar-refractivity contribution in [2.24, 2.45) is 0 Å². The molecule has 1 aromatic heterocycles. The lowest BCUT2D eigenvalue weighted by atomic mass is 10.0. The number of unbranched alkanes of at least 4 members (excludes halogenated alkanes) is 2. The van der Waals surface area contributed by atoms with E-state index in [1.54, 1.807) is 0 Å². The molecule has 1 aliphatic rings. The molecule has 0 aliphatic carbocycles. The van der Waals surface area contributed by atoms with Crippen molar-refractivity contribution in [3.8, 4) is 11.3 Å². The molecule has 0 bridgehead atoms. The van der Waals surface area contributed by atoms with Gasteiger partial charge in [-0.1, -0.05) is 36.8 Å². The molecular formula is C25H32N4O2. The van der Waals surface area contributed by atoms with Crippen molar-refractivity contribution in [2.45, 2.75) is 38.2 Å². The molecule has 164 valence electrons. The molecule has 1 fully saturated rings. The van der Waals surface area contributed by atoms with Crippen LogP contribution in [0.3, 0.4) is 0 Å². The number of fused-ring (bicyclic) bond motifs is 1. The van der Waals surface area contributed by atoms with Crippen LogP contribution >= 0.6 is 0 Å². The van der Waals surface area contributed by atoms with Gasteiger partial charge in [-0.3, -0.25) is 4.79 Å². The van der Waals surface area contributed by atoms with Crippen molar-refractivity contribution in [1.29, 1.82) is 0 Å². The highest BCUT2D eigenvalue weighted by Gasteiger charge is 2.17. The largest absolute Gasteiger partial charge is 0.385 e. The summed E-state index contributed by atoms with van der Waals surface area (Å²) in [4.78, 5) is 14.6. The fourth-order valence-corrected chi connectivity index (χ4v) is 4.35. The Morgan fingerprint density at radius 2 is 1.87 bits per heavy atom. The van der Waals surface area contributed by atoms with E-state index in [1.807, 2.05) is 43.5 Å². The molecule has 6 nitrogen and oxygen atoms in total. The maximum atomic E-state index is 12.0. The molecule has 1 aliphatic heterocycles. The normalized spacial score (nSPS) is 15.4. The number of ether oxygens (including phenoxy) is 1. The van der Waals surface area contributed by atoms with Gasteiger partial charge in [0.1, 0.15) is 0 Å². The fraction of sp³-hybridized carbons (Fsp3) is 0.440. The number of nitrogens with one attached hydrogen (secondary N) is 2. The molecule has 31 heavy (non-hydrogen) atoms. The molecule has 1 saturated heterocycles. The van der Waals surface area contributed by atoms with Gasteiger partial charge in [-0.15, -0.1) is 0 Å². The summed E-state index contributed by atoms with van der Waals surface area (Å²) < 4.78 is 5.45. The summed E-state index contributed by atoms with van der Waals surface area (Å²) in [5, 5.41) is 12.0. The second kappa shape index (κ2) is 10.6. The Labute approximate surface area is 183 Å². The zero-order valence-corrected chi connectivity index (χ0v) is 18.3. The Morgan fingerprint density at radius 1 is 1.06 bits per heavy atom. The van der Waals surface area contributed by atoms with Crippen LogP contribution in [0.15, 0.2) is 53.3 Å². The van der Waals surface area contributed by atoms with E-state index in [0.29, 0.717) is 11.5 Å². The van der Waals surface area contributed by atoms with Crippen molar-refractivity contribution in [2.75, 3.05) is 38.6 Å². The van der Waals surface area contributed by atoms with Gasteiger partial charge >= 0.3 is 0 Å². The van der Waals surface area contributed by atoms with Gasteiger partial charge in [-0.2, -0.15) is 5.10 Å². The summed E-state index contributed by atoms with van der Waals surface area (Å²) in [7, 11) is 1.82. The topological polar surface area (TPSA) is 70.2 Å². The lowest BCUT2D eigenvalue weighted by Crippen LogP contribution is -2.37. The maximum absolute atomic E-state index is 12.0. The molecule has 0 saturated carbocycles. The van der Waals surface area contributed by atoms with Crippen LogP contribution in [-0.4, -0.2) is 54.5 Å². The van der Waals surface area contributed by atoms with E-state index in [0.717, 1.165) is 61.2 Å². The van der Waals surface area contributed by atoms with Gasteiger partial charge < -0.3 is 15.0 Å². The van der Waals surface area contributed by atoms with Crippen LogP contribution in [0.2, 0.25) is 0 Å². The maximum Gasteiger partial charge on any atom is 0.272 e. The minimum absolute atomic E-state index is 0.156. The molecular weight excluding hydrogens is 388 g/mol. The van der Waals surface area contributed by atoms with E-state index in [2.05, 4.69) is 32.5 Å². The van der Waals surface area contributed by atoms with E-state index in [-0.39, 0.29) is 5.56 Å². The molecule has 0 spiro atoms. The van der Waals surface area contributed by atoms with Gasteiger partial charge in [0.2, 0.25) is 0 Å². The number of piperidine rings is 1. The highest BCUT2D eigenvalue weighted by molar-refractivity contribution is 5.94. The van der Waals surface area contributed by atoms with Crippen molar-refractivity contribution < 1.29 is 4.74 Å². The second-order valence-electron chi connectivity index (χ2n) is 8.29. The van der Waals surface area contributed by atoms with Gasteiger partial charge in [0.05, 0.1) is 17.2 Å². The van der Waals surface area contributed by atoms with Crippen molar-refractivity contribution in [3.63, 3.8) is 0 Å². The number of nitrogens with zero attached hydrogens (tertiary/aromatic N) is 2. The summed E-state index contributed by atoms with van der Waals surface area (Å²) in [6.07, 6.45) is 6.40. The zero-order chi connectivity index (χ0) is 21.5. The number of hydrogen-bond acceptors (Lipinski definition) is 5. The van der Waals surface area contributed by atoms with Gasteiger partial charge in [0, 0.05) is 43.4 Å². The second-order valence-corrected chi connectivity index (χ2v) is 8.29. The van der Waals surface area contributed by atoms with E-state index in [1.165, 1.54) is 19.4 Å². The van der Waals surface area contributed by atoms with Crippen molar-refractivity contribution in [1.82, 2.24) is 15.1 Å². The summed E-state index contributed by atoms with van der Waals surface area (Å²) >= 11 is 0. The van der Waals surface area contributed by atoms with Crippen molar-refractivity contribution >= 4 is 16.5 Å².